The molecule has 0 aliphatic rings. The average Bonchev–Trinajstić information content (AvgIpc) is 2.67. The smallest absolute Gasteiger partial charge is 0.271 e. The number of nitrogens with zero attached hydrogens (tertiary/aromatic N) is 2. The second-order valence-electron chi connectivity index (χ2n) is 6.66. The number of benzene rings is 2. The fourth-order valence-electron chi connectivity index (χ4n) is 3.01. The molecule has 0 fully saturated rings. The zero-order valence-corrected chi connectivity index (χ0v) is 18.1. The summed E-state index contributed by atoms with van der Waals surface area (Å²) in [5, 5.41) is 13.9. The quantitative estimate of drug-likeness (QED) is 0.476. The molecular weight excluding hydrogens is 410 g/mol. The second kappa shape index (κ2) is 9.57. The van der Waals surface area contributed by atoms with E-state index in [1.54, 1.807) is 38.1 Å². The second-order valence-corrected chi connectivity index (χ2v) is 8.52. The van der Waals surface area contributed by atoms with Gasteiger partial charge in [0.05, 0.1) is 23.5 Å². The number of carbonyl (C=O) groups is 1. The Morgan fingerprint density at radius 1 is 1.20 bits per heavy atom. The van der Waals surface area contributed by atoms with Gasteiger partial charge in [0.1, 0.15) is 11.8 Å². The third-order valence-electron chi connectivity index (χ3n) is 4.40. The number of ether oxygens (including phenoxy) is 1. The standard InChI is InChI=1S/C20H25N3O6S/c1-5-18(20(24)21-15-8-11-17(12-9-15)29-6-2)22(30(4,27)28)19-13-16(23(25)26)10-7-14(19)3/h7-13,18H,5-6H2,1-4H3,(H,21,24). The summed E-state index contributed by atoms with van der Waals surface area (Å²) in [5.41, 5.74) is 0.816. The summed E-state index contributed by atoms with van der Waals surface area (Å²) in [6.45, 7) is 5.67. The Morgan fingerprint density at radius 3 is 2.33 bits per heavy atom. The number of non-ortho nitro benzene ring substituents is 1. The number of amides is 1. The van der Waals surface area contributed by atoms with Crippen molar-refractivity contribution in [3.8, 4) is 5.75 Å². The molecule has 0 saturated heterocycles. The van der Waals surface area contributed by atoms with Gasteiger partial charge in [0.2, 0.25) is 15.9 Å². The van der Waals surface area contributed by atoms with Gasteiger partial charge in [-0.3, -0.25) is 19.2 Å². The van der Waals surface area contributed by atoms with Gasteiger partial charge in [0.25, 0.3) is 5.69 Å². The third kappa shape index (κ3) is 5.47. The molecule has 2 aromatic rings. The van der Waals surface area contributed by atoms with Crippen molar-refractivity contribution in [2.24, 2.45) is 0 Å². The molecule has 0 spiro atoms. The summed E-state index contributed by atoms with van der Waals surface area (Å²) in [4.78, 5) is 23.5. The minimum absolute atomic E-state index is 0.0976. The Hall–Kier alpha value is -3.14. The van der Waals surface area contributed by atoms with Crippen LogP contribution in [0.2, 0.25) is 0 Å². The fourth-order valence-corrected chi connectivity index (χ4v) is 4.27. The molecule has 1 amide bonds. The van der Waals surface area contributed by atoms with Crippen LogP contribution in [0.3, 0.4) is 0 Å². The average molecular weight is 436 g/mol. The van der Waals surface area contributed by atoms with Gasteiger partial charge in [0.15, 0.2) is 0 Å². The lowest BCUT2D eigenvalue weighted by Gasteiger charge is -2.31. The first kappa shape index (κ1) is 23.1. The maximum Gasteiger partial charge on any atom is 0.271 e. The Kier molecular flexibility index (Phi) is 7.38. The van der Waals surface area contributed by atoms with Crippen LogP contribution in [-0.2, 0) is 14.8 Å². The molecule has 0 aliphatic heterocycles. The summed E-state index contributed by atoms with van der Waals surface area (Å²) in [6, 6.07) is 9.52. The topological polar surface area (TPSA) is 119 Å². The van der Waals surface area contributed by atoms with E-state index in [-0.39, 0.29) is 17.8 Å². The van der Waals surface area contributed by atoms with Crippen LogP contribution in [0.4, 0.5) is 17.1 Å². The van der Waals surface area contributed by atoms with E-state index >= 15 is 0 Å². The lowest BCUT2D eigenvalue weighted by Crippen LogP contribution is -2.47. The van der Waals surface area contributed by atoms with Gasteiger partial charge in [-0.1, -0.05) is 13.0 Å². The van der Waals surface area contributed by atoms with Gasteiger partial charge >= 0.3 is 0 Å². The minimum atomic E-state index is -3.92. The van der Waals surface area contributed by atoms with Crippen molar-refractivity contribution in [1.29, 1.82) is 0 Å². The first-order valence-electron chi connectivity index (χ1n) is 9.36. The Labute approximate surface area is 175 Å². The Balaban J connectivity index is 2.41. The van der Waals surface area contributed by atoms with Crippen molar-refractivity contribution < 1.29 is 22.9 Å². The molecule has 0 radical (unpaired) electrons. The van der Waals surface area contributed by atoms with E-state index in [4.69, 9.17) is 4.74 Å². The predicted molar refractivity (Wildman–Crippen MR) is 115 cm³/mol. The zero-order valence-electron chi connectivity index (χ0n) is 17.3. The molecule has 2 aromatic carbocycles. The summed E-state index contributed by atoms with van der Waals surface area (Å²) < 4.78 is 31.5. The SMILES string of the molecule is CCOc1ccc(NC(=O)C(CC)N(c2cc([N+](=O)[O-])ccc2C)S(C)(=O)=O)cc1. The molecular formula is C20H25N3O6S. The normalized spacial score (nSPS) is 12.1. The molecule has 162 valence electrons. The number of nitro benzene ring substituents is 1. The summed E-state index contributed by atoms with van der Waals surface area (Å²) in [7, 11) is -3.92. The van der Waals surface area contributed by atoms with Crippen LogP contribution in [0.15, 0.2) is 42.5 Å². The number of anilines is 2. The number of nitro groups is 1. The van der Waals surface area contributed by atoms with Crippen LogP contribution < -0.4 is 14.4 Å². The van der Waals surface area contributed by atoms with Crippen LogP contribution in [0.5, 0.6) is 5.75 Å². The molecule has 1 unspecified atom stereocenters. The summed E-state index contributed by atoms with van der Waals surface area (Å²) >= 11 is 0. The Bertz CT molecular complexity index is 1020. The lowest BCUT2D eigenvalue weighted by molar-refractivity contribution is -0.384. The summed E-state index contributed by atoms with van der Waals surface area (Å²) in [5.74, 6) is 0.102. The molecule has 30 heavy (non-hydrogen) atoms. The van der Waals surface area contributed by atoms with Gasteiger partial charge in [-0.15, -0.1) is 0 Å². The van der Waals surface area contributed by atoms with Crippen LogP contribution in [0.1, 0.15) is 25.8 Å². The molecule has 9 nitrogen and oxygen atoms in total. The van der Waals surface area contributed by atoms with Gasteiger partial charge < -0.3 is 10.1 Å². The van der Waals surface area contributed by atoms with E-state index < -0.39 is 26.9 Å². The lowest BCUT2D eigenvalue weighted by atomic mass is 10.1. The van der Waals surface area contributed by atoms with E-state index in [2.05, 4.69) is 5.32 Å². The van der Waals surface area contributed by atoms with Crippen molar-refractivity contribution in [3.63, 3.8) is 0 Å². The molecule has 2 rings (SSSR count). The van der Waals surface area contributed by atoms with Crippen LogP contribution in [0, 0.1) is 17.0 Å². The van der Waals surface area contributed by atoms with Crippen molar-refractivity contribution >= 4 is 33.0 Å². The largest absolute Gasteiger partial charge is 0.494 e. The van der Waals surface area contributed by atoms with E-state index in [1.807, 2.05) is 6.92 Å². The monoisotopic (exact) mass is 435 g/mol. The van der Waals surface area contributed by atoms with E-state index in [9.17, 15) is 23.3 Å². The molecule has 0 aliphatic carbocycles. The highest BCUT2D eigenvalue weighted by atomic mass is 32.2. The van der Waals surface area contributed by atoms with Gasteiger partial charge in [0, 0.05) is 17.8 Å². The van der Waals surface area contributed by atoms with Crippen LogP contribution in [0.25, 0.3) is 0 Å². The first-order valence-corrected chi connectivity index (χ1v) is 11.2. The number of aryl methyl sites for hydroxylation is 1. The molecule has 10 heteroatoms. The third-order valence-corrected chi connectivity index (χ3v) is 5.57. The number of sulfonamides is 1. The first-order chi connectivity index (χ1) is 14.1. The van der Waals surface area contributed by atoms with Crippen molar-refractivity contribution in [1.82, 2.24) is 0 Å². The molecule has 0 bridgehead atoms. The highest BCUT2D eigenvalue weighted by molar-refractivity contribution is 7.92. The van der Waals surface area contributed by atoms with Crippen LogP contribution in [-0.4, -0.2) is 38.2 Å². The highest BCUT2D eigenvalue weighted by Crippen LogP contribution is 2.30. The maximum atomic E-state index is 13.0. The van der Waals surface area contributed by atoms with Gasteiger partial charge in [-0.25, -0.2) is 8.42 Å². The molecule has 1 N–H and O–H groups in total. The molecule has 0 heterocycles. The molecule has 0 aromatic heterocycles. The van der Waals surface area contributed by atoms with Gasteiger partial charge in [-0.2, -0.15) is 0 Å². The number of hydrogen-bond acceptors (Lipinski definition) is 6. The number of carbonyl (C=O) groups excluding carboxylic acids is 1. The number of hydrogen-bond donors (Lipinski definition) is 1. The van der Waals surface area contributed by atoms with E-state index in [0.717, 1.165) is 10.6 Å². The van der Waals surface area contributed by atoms with Crippen molar-refractivity contribution in [3.05, 3.63) is 58.1 Å². The van der Waals surface area contributed by atoms with Crippen LogP contribution >= 0.6 is 0 Å². The maximum absolute atomic E-state index is 13.0. The van der Waals surface area contributed by atoms with E-state index in [0.29, 0.717) is 23.6 Å². The Morgan fingerprint density at radius 2 is 1.83 bits per heavy atom. The van der Waals surface area contributed by atoms with Gasteiger partial charge in [-0.05, 0) is 50.1 Å². The van der Waals surface area contributed by atoms with Crippen molar-refractivity contribution in [2.75, 3.05) is 22.5 Å². The van der Waals surface area contributed by atoms with E-state index in [1.165, 1.54) is 18.2 Å². The zero-order chi connectivity index (χ0) is 22.5. The number of nitrogens with one attached hydrogen (secondary N) is 1. The molecule has 1 atom stereocenters. The molecule has 0 saturated carbocycles. The minimum Gasteiger partial charge on any atom is -0.494 e. The van der Waals surface area contributed by atoms with Crippen molar-refractivity contribution in [2.45, 2.75) is 33.2 Å². The predicted octanol–water partition coefficient (Wildman–Crippen LogP) is 3.49. The number of rotatable bonds is 9. The summed E-state index contributed by atoms with van der Waals surface area (Å²) in [6.07, 6.45) is 1.14. The fraction of sp³-hybridized carbons (Fsp3) is 0.350. The highest BCUT2D eigenvalue weighted by Gasteiger charge is 2.33.